The fourth-order valence-corrected chi connectivity index (χ4v) is 2.88. The van der Waals surface area contributed by atoms with E-state index in [1.54, 1.807) is 0 Å². The number of benzene rings is 1. The molecule has 3 nitrogen and oxygen atoms in total. The first-order valence-corrected chi connectivity index (χ1v) is 8.14. The number of ether oxygens (including phenoxy) is 1. The molecule has 3 atom stereocenters. The van der Waals surface area contributed by atoms with Gasteiger partial charge >= 0.3 is 0 Å². The Labute approximate surface area is 128 Å². The largest absolute Gasteiger partial charge is 0.387 e. The molecule has 0 bridgehead atoms. The molecule has 0 aliphatic carbocycles. The van der Waals surface area contributed by atoms with Crippen LogP contribution in [0, 0.1) is 11.8 Å². The minimum Gasteiger partial charge on any atom is -0.387 e. The molecule has 0 radical (unpaired) electrons. The van der Waals surface area contributed by atoms with Gasteiger partial charge in [-0.15, -0.1) is 0 Å². The fraction of sp³-hybridized carbons (Fsp3) is 0.667. The van der Waals surface area contributed by atoms with Crippen molar-refractivity contribution >= 4 is 0 Å². The predicted octanol–water partition coefficient (Wildman–Crippen LogP) is 2.93. The van der Waals surface area contributed by atoms with Crippen molar-refractivity contribution in [2.75, 3.05) is 19.8 Å². The summed E-state index contributed by atoms with van der Waals surface area (Å²) in [5.74, 6) is 1.24. The lowest BCUT2D eigenvalue weighted by Crippen LogP contribution is -2.36. The van der Waals surface area contributed by atoms with Crippen LogP contribution in [-0.4, -0.2) is 30.9 Å². The smallest absolute Gasteiger partial charge is 0.0914 e. The van der Waals surface area contributed by atoms with Gasteiger partial charge in [0.05, 0.1) is 12.7 Å². The molecule has 0 aromatic heterocycles. The van der Waals surface area contributed by atoms with E-state index in [0.29, 0.717) is 24.4 Å². The second kappa shape index (κ2) is 7.92. The molecule has 21 heavy (non-hydrogen) atoms. The first-order chi connectivity index (χ1) is 10.1. The Hall–Kier alpha value is -0.900. The zero-order valence-corrected chi connectivity index (χ0v) is 13.5. The van der Waals surface area contributed by atoms with Gasteiger partial charge in [0.2, 0.25) is 0 Å². The van der Waals surface area contributed by atoms with Crippen molar-refractivity contribution in [1.29, 1.82) is 0 Å². The van der Waals surface area contributed by atoms with Gasteiger partial charge in [-0.2, -0.15) is 0 Å². The number of aliphatic hydroxyl groups is 1. The normalized spacial score (nSPS) is 21.7. The number of nitrogens with one attached hydrogen (secondary N) is 1. The SMILES string of the molecule is CC(C)Cc1ccc(C(O)CNC(C)C2CCOC2)cc1. The molecule has 2 rings (SSSR count). The maximum Gasteiger partial charge on any atom is 0.0914 e. The van der Waals surface area contributed by atoms with Crippen molar-refractivity contribution in [2.45, 2.75) is 45.8 Å². The van der Waals surface area contributed by atoms with E-state index in [0.717, 1.165) is 31.6 Å². The average Bonchev–Trinajstić information content (AvgIpc) is 2.99. The van der Waals surface area contributed by atoms with Crippen LogP contribution in [0.2, 0.25) is 0 Å². The topological polar surface area (TPSA) is 41.5 Å². The summed E-state index contributed by atoms with van der Waals surface area (Å²) >= 11 is 0. The second-order valence-corrected chi connectivity index (χ2v) is 6.68. The first kappa shape index (κ1) is 16.5. The van der Waals surface area contributed by atoms with Gasteiger partial charge in [-0.1, -0.05) is 38.1 Å². The molecule has 1 heterocycles. The Bertz CT molecular complexity index is 410. The van der Waals surface area contributed by atoms with E-state index in [-0.39, 0.29) is 0 Å². The van der Waals surface area contributed by atoms with Gasteiger partial charge in [-0.3, -0.25) is 0 Å². The maximum atomic E-state index is 10.3. The molecular weight excluding hydrogens is 262 g/mol. The van der Waals surface area contributed by atoms with Crippen molar-refractivity contribution in [3.63, 3.8) is 0 Å². The summed E-state index contributed by atoms with van der Waals surface area (Å²) in [6, 6.07) is 8.75. The molecule has 3 unspecified atom stereocenters. The lowest BCUT2D eigenvalue weighted by molar-refractivity contribution is 0.156. The molecule has 0 amide bonds. The molecule has 1 fully saturated rings. The molecule has 1 aliphatic heterocycles. The zero-order chi connectivity index (χ0) is 15.2. The average molecular weight is 291 g/mol. The summed E-state index contributed by atoms with van der Waals surface area (Å²) < 4.78 is 5.41. The van der Waals surface area contributed by atoms with Gasteiger partial charge in [0.15, 0.2) is 0 Å². The Balaban J connectivity index is 1.80. The highest BCUT2D eigenvalue weighted by atomic mass is 16.5. The minimum atomic E-state index is -0.442. The molecule has 1 aliphatic rings. The highest BCUT2D eigenvalue weighted by Gasteiger charge is 2.22. The van der Waals surface area contributed by atoms with Crippen LogP contribution in [0.5, 0.6) is 0 Å². The minimum absolute atomic E-state index is 0.391. The lowest BCUT2D eigenvalue weighted by atomic mass is 9.99. The molecule has 1 aromatic rings. The van der Waals surface area contributed by atoms with Crippen LogP contribution in [0.4, 0.5) is 0 Å². The van der Waals surface area contributed by atoms with Crippen LogP contribution in [0.15, 0.2) is 24.3 Å². The number of rotatable bonds is 7. The van der Waals surface area contributed by atoms with Gasteiger partial charge in [-0.25, -0.2) is 0 Å². The lowest BCUT2D eigenvalue weighted by Gasteiger charge is -2.21. The van der Waals surface area contributed by atoms with Gasteiger partial charge in [-0.05, 0) is 42.7 Å². The predicted molar refractivity (Wildman–Crippen MR) is 86.3 cm³/mol. The van der Waals surface area contributed by atoms with E-state index >= 15 is 0 Å². The van der Waals surface area contributed by atoms with Crippen molar-refractivity contribution < 1.29 is 9.84 Å². The molecule has 1 saturated heterocycles. The summed E-state index contributed by atoms with van der Waals surface area (Å²) in [5, 5.41) is 13.7. The van der Waals surface area contributed by atoms with Crippen LogP contribution < -0.4 is 5.32 Å². The molecular formula is C18H29NO2. The molecule has 118 valence electrons. The third kappa shape index (κ3) is 5.10. The number of aliphatic hydroxyl groups excluding tert-OH is 1. The van der Waals surface area contributed by atoms with E-state index in [2.05, 4.69) is 38.2 Å². The molecule has 2 N–H and O–H groups in total. The second-order valence-electron chi connectivity index (χ2n) is 6.68. The molecule has 0 saturated carbocycles. The highest BCUT2D eigenvalue weighted by molar-refractivity contribution is 5.24. The standard InChI is InChI=1S/C18H29NO2/c1-13(2)10-15-4-6-16(7-5-15)18(20)11-19-14(3)17-8-9-21-12-17/h4-7,13-14,17-20H,8-12H2,1-3H3. The van der Waals surface area contributed by atoms with Crippen LogP contribution >= 0.6 is 0 Å². The maximum absolute atomic E-state index is 10.3. The van der Waals surface area contributed by atoms with Crippen LogP contribution in [0.1, 0.15) is 44.4 Å². The van der Waals surface area contributed by atoms with Crippen molar-refractivity contribution in [2.24, 2.45) is 11.8 Å². The number of hydrogen-bond acceptors (Lipinski definition) is 3. The van der Waals surface area contributed by atoms with Gasteiger partial charge in [0.25, 0.3) is 0 Å². The number of hydrogen-bond donors (Lipinski definition) is 2. The Morgan fingerprint density at radius 3 is 2.52 bits per heavy atom. The third-order valence-corrected chi connectivity index (χ3v) is 4.31. The van der Waals surface area contributed by atoms with Crippen LogP contribution in [-0.2, 0) is 11.2 Å². The fourth-order valence-electron chi connectivity index (χ4n) is 2.88. The van der Waals surface area contributed by atoms with Gasteiger partial charge in [0.1, 0.15) is 0 Å². The van der Waals surface area contributed by atoms with Crippen molar-refractivity contribution in [3.8, 4) is 0 Å². The molecule has 0 spiro atoms. The third-order valence-electron chi connectivity index (χ3n) is 4.31. The van der Waals surface area contributed by atoms with E-state index < -0.39 is 6.10 Å². The molecule has 1 aromatic carbocycles. The monoisotopic (exact) mass is 291 g/mol. The van der Waals surface area contributed by atoms with Gasteiger partial charge in [0, 0.05) is 19.2 Å². The summed E-state index contributed by atoms with van der Waals surface area (Å²) in [5.41, 5.74) is 2.33. The first-order valence-electron chi connectivity index (χ1n) is 8.14. The quantitative estimate of drug-likeness (QED) is 0.811. The zero-order valence-electron chi connectivity index (χ0n) is 13.5. The van der Waals surface area contributed by atoms with E-state index in [9.17, 15) is 5.11 Å². The van der Waals surface area contributed by atoms with Crippen molar-refractivity contribution in [3.05, 3.63) is 35.4 Å². The van der Waals surface area contributed by atoms with Crippen molar-refractivity contribution in [1.82, 2.24) is 5.32 Å². The highest BCUT2D eigenvalue weighted by Crippen LogP contribution is 2.18. The Morgan fingerprint density at radius 2 is 1.95 bits per heavy atom. The van der Waals surface area contributed by atoms with E-state index in [1.165, 1.54) is 5.56 Å². The Kier molecular flexibility index (Phi) is 6.22. The Morgan fingerprint density at radius 1 is 1.24 bits per heavy atom. The van der Waals surface area contributed by atoms with Gasteiger partial charge < -0.3 is 15.2 Å². The van der Waals surface area contributed by atoms with E-state index in [4.69, 9.17) is 4.74 Å². The van der Waals surface area contributed by atoms with Crippen LogP contribution in [0.3, 0.4) is 0 Å². The van der Waals surface area contributed by atoms with E-state index in [1.807, 2.05) is 12.1 Å². The summed E-state index contributed by atoms with van der Waals surface area (Å²) in [4.78, 5) is 0. The summed E-state index contributed by atoms with van der Waals surface area (Å²) in [6.07, 6.45) is 1.77. The molecule has 3 heteroatoms. The summed E-state index contributed by atoms with van der Waals surface area (Å²) in [7, 11) is 0. The summed E-state index contributed by atoms with van der Waals surface area (Å²) in [6.45, 7) is 8.94. The van der Waals surface area contributed by atoms with Crippen LogP contribution in [0.25, 0.3) is 0 Å².